The summed E-state index contributed by atoms with van der Waals surface area (Å²) in [6.07, 6.45) is 2.91. The van der Waals surface area contributed by atoms with Gasteiger partial charge in [0.05, 0.1) is 4.90 Å². The Kier molecular flexibility index (Phi) is 6.77. The molecule has 6 nitrogen and oxygen atoms in total. The van der Waals surface area contributed by atoms with E-state index in [2.05, 4.69) is 5.32 Å². The van der Waals surface area contributed by atoms with Gasteiger partial charge in [0, 0.05) is 39.6 Å². The number of nitrogens with zero attached hydrogens (tertiary/aromatic N) is 2. The lowest BCUT2D eigenvalue weighted by molar-refractivity contribution is -0.129. The van der Waals surface area contributed by atoms with E-state index >= 15 is 0 Å². The molecular formula is C17H27N3O3S. The van der Waals surface area contributed by atoms with E-state index in [9.17, 15) is 13.2 Å². The summed E-state index contributed by atoms with van der Waals surface area (Å²) < 4.78 is 26.5. The third kappa shape index (κ3) is 4.78. The van der Waals surface area contributed by atoms with E-state index in [0.717, 1.165) is 24.9 Å². The standard InChI is InChI=1S/C17H27N3O3S/c1-18-11-14-19(2)17(21)10-7-15-5-8-16(9-6-15)24(22,23)20-12-3-4-13-20/h5-6,8-9,18H,3-4,7,10-14H2,1-2H3. The molecule has 1 heterocycles. The first-order chi connectivity index (χ1) is 11.4. The Hall–Kier alpha value is -1.44. The highest BCUT2D eigenvalue weighted by Crippen LogP contribution is 2.21. The summed E-state index contributed by atoms with van der Waals surface area (Å²) in [6.45, 7) is 2.67. The van der Waals surface area contributed by atoms with Crippen LogP contribution in [0.25, 0.3) is 0 Å². The number of carbonyl (C=O) groups excluding carboxylic acids is 1. The molecule has 134 valence electrons. The first-order valence-corrected chi connectivity index (χ1v) is 9.87. The number of amides is 1. The summed E-state index contributed by atoms with van der Waals surface area (Å²) in [4.78, 5) is 14.1. The molecule has 0 aromatic heterocycles. The predicted molar refractivity (Wildman–Crippen MR) is 94.3 cm³/mol. The molecule has 7 heteroatoms. The molecule has 0 saturated carbocycles. The van der Waals surface area contributed by atoms with Crippen LogP contribution in [0.4, 0.5) is 0 Å². The predicted octanol–water partition coefficient (Wildman–Crippen LogP) is 1.08. The third-order valence-corrected chi connectivity index (χ3v) is 6.29. The van der Waals surface area contributed by atoms with E-state index < -0.39 is 10.0 Å². The summed E-state index contributed by atoms with van der Waals surface area (Å²) in [5, 5.41) is 3.02. The molecule has 1 N–H and O–H groups in total. The molecule has 0 radical (unpaired) electrons. The molecule has 0 aliphatic carbocycles. The highest BCUT2D eigenvalue weighted by atomic mass is 32.2. The van der Waals surface area contributed by atoms with Gasteiger partial charge in [0.25, 0.3) is 0 Å². The fourth-order valence-electron chi connectivity index (χ4n) is 2.75. The van der Waals surface area contributed by atoms with E-state index in [1.165, 1.54) is 0 Å². The summed E-state index contributed by atoms with van der Waals surface area (Å²) >= 11 is 0. The van der Waals surface area contributed by atoms with Crippen LogP contribution in [0.2, 0.25) is 0 Å². The van der Waals surface area contributed by atoms with Gasteiger partial charge in [0.2, 0.25) is 15.9 Å². The third-order valence-electron chi connectivity index (χ3n) is 4.38. The van der Waals surface area contributed by atoms with Crippen molar-refractivity contribution < 1.29 is 13.2 Å². The van der Waals surface area contributed by atoms with Gasteiger partial charge in [-0.05, 0) is 44.0 Å². The Morgan fingerprint density at radius 1 is 1.21 bits per heavy atom. The van der Waals surface area contributed by atoms with Crippen LogP contribution in [0.1, 0.15) is 24.8 Å². The summed E-state index contributed by atoms with van der Waals surface area (Å²) in [5.74, 6) is 0.0963. The van der Waals surface area contributed by atoms with Crippen molar-refractivity contribution in [2.24, 2.45) is 0 Å². The summed E-state index contributed by atoms with van der Waals surface area (Å²) in [6, 6.07) is 6.92. The van der Waals surface area contributed by atoms with Crippen LogP contribution >= 0.6 is 0 Å². The minimum atomic E-state index is -3.36. The van der Waals surface area contributed by atoms with E-state index in [1.807, 2.05) is 19.2 Å². The van der Waals surface area contributed by atoms with Gasteiger partial charge in [0.15, 0.2) is 0 Å². The van der Waals surface area contributed by atoms with Crippen molar-refractivity contribution in [1.82, 2.24) is 14.5 Å². The van der Waals surface area contributed by atoms with E-state index in [-0.39, 0.29) is 5.91 Å². The zero-order valence-corrected chi connectivity index (χ0v) is 15.3. The molecule has 0 spiro atoms. The molecule has 0 unspecified atom stereocenters. The average Bonchev–Trinajstić information content (AvgIpc) is 3.13. The Morgan fingerprint density at radius 3 is 2.42 bits per heavy atom. The topological polar surface area (TPSA) is 69.7 Å². The number of likely N-dealkylation sites (N-methyl/N-ethyl adjacent to an activating group) is 2. The molecule has 1 aromatic rings. The fraction of sp³-hybridized carbons (Fsp3) is 0.588. The largest absolute Gasteiger partial charge is 0.344 e. The van der Waals surface area contributed by atoms with Crippen LogP contribution in [0.15, 0.2) is 29.2 Å². The molecule has 1 aromatic carbocycles. The quantitative estimate of drug-likeness (QED) is 0.759. The van der Waals surface area contributed by atoms with Crippen molar-refractivity contribution in [3.63, 3.8) is 0 Å². The second kappa shape index (κ2) is 8.60. The van der Waals surface area contributed by atoms with Crippen LogP contribution in [0.5, 0.6) is 0 Å². The number of rotatable bonds is 8. The van der Waals surface area contributed by atoms with E-state index in [4.69, 9.17) is 0 Å². The smallest absolute Gasteiger partial charge is 0.243 e. The number of hydrogen-bond acceptors (Lipinski definition) is 4. The van der Waals surface area contributed by atoms with Gasteiger partial charge in [-0.25, -0.2) is 8.42 Å². The van der Waals surface area contributed by atoms with Gasteiger partial charge < -0.3 is 10.2 Å². The highest BCUT2D eigenvalue weighted by Gasteiger charge is 2.26. The summed E-state index contributed by atoms with van der Waals surface area (Å²) in [5.41, 5.74) is 0.978. The van der Waals surface area contributed by atoms with Crippen LogP contribution in [-0.2, 0) is 21.2 Å². The lowest BCUT2D eigenvalue weighted by atomic mass is 10.1. The second-order valence-electron chi connectivity index (χ2n) is 6.17. The lowest BCUT2D eigenvalue weighted by Crippen LogP contribution is -2.32. The molecule has 0 bridgehead atoms. The molecule has 0 atom stereocenters. The summed E-state index contributed by atoms with van der Waals surface area (Å²) in [7, 11) is 0.295. The van der Waals surface area contributed by atoms with Crippen LogP contribution < -0.4 is 5.32 Å². The second-order valence-corrected chi connectivity index (χ2v) is 8.11. The van der Waals surface area contributed by atoms with E-state index in [1.54, 1.807) is 28.4 Å². The Labute approximate surface area is 144 Å². The van der Waals surface area contributed by atoms with Crippen molar-refractivity contribution >= 4 is 15.9 Å². The van der Waals surface area contributed by atoms with Crippen molar-refractivity contribution in [1.29, 1.82) is 0 Å². The number of nitrogens with one attached hydrogen (secondary N) is 1. The molecule has 1 amide bonds. The van der Waals surface area contributed by atoms with Gasteiger partial charge in [0.1, 0.15) is 0 Å². The minimum Gasteiger partial charge on any atom is -0.344 e. The number of carbonyl (C=O) groups is 1. The van der Waals surface area contributed by atoms with Crippen molar-refractivity contribution in [2.45, 2.75) is 30.6 Å². The minimum absolute atomic E-state index is 0.0963. The van der Waals surface area contributed by atoms with Crippen LogP contribution in [-0.4, -0.2) is 63.8 Å². The van der Waals surface area contributed by atoms with Crippen molar-refractivity contribution in [3.05, 3.63) is 29.8 Å². The maximum Gasteiger partial charge on any atom is 0.243 e. The molecule has 1 aliphatic rings. The van der Waals surface area contributed by atoms with E-state index in [0.29, 0.717) is 37.4 Å². The number of hydrogen-bond donors (Lipinski definition) is 1. The van der Waals surface area contributed by atoms with Gasteiger partial charge in [-0.15, -0.1) is 0 Å². The Morgan fingerprint density at radius 2 is 1.83 bits per heavy atom. The first kappa shape index (κ1) is 18.9. The van der Waals surface area contributed by atoms with Gasteiger partial charge in [-0.2, -0.15) is 4.31 Å². The molecule has 1 aliphatic heterocycles. The SMILES string of the molecule is CNCCN(C)C(=O)CCc1ccc(S(=O)(=O)N2CCCC2)cc1. The maximum atomic E-state index is 12.5. The molecular weight excluding hydrogens is 326 g/mol. The number of aryl methyl sites for hydroxylation is 1. The molecule has 2 rings (SSSR count). The average molecular weight is 353 g/mol. The van der Waals surface area contributed by atoms with Crippen molar-refractivity contribution in [2.75, 3.05) is 40.3 Å². The fourth-order valence-corrected chi connectivity index (χ4v) is 4.27. The van der Waals surface area contributed by atoms with Gasteiger partial charge >= 0.3 is 0 Å². The maximum absolute atomic E-state index is 12.5. The number of sulfonamides is 1. The lowest BCUT2D eigenvalue weighted by Gasteiger charge is -2.17. The van der Waals surface area contributed by atoms with Gasteiger partial charge in [-0.1, -0.05) is 12.1 Å². The van der Waals surface area contributed by atoms with Crippen LogP contribution in [0.3, 0.4) is 0 Å². The Balaban J connectivity index is 1.91. The molecule has 1 fully saturated rings. The zero-order valence-electron chi connectivity index (χ0n) is 14.5. The number of benzene rings is 1. The highest BCUT2D eigenvalue weighted by molar-refractivity contribution is 7.89. The normalized spacial score (nSPS) is 15.6. The zero-order chi connectivity index (χ0) is 17.6. The molecule has 24 heavy (non-hydrogen) atoms. The first-order valence-electron chi connectivity index (χ1n) is 8.43. The van der Waals surface area contributed by atoms with Crippen LogP contribution in [0, 0.1) is 0 Å². The Bertz CT molecular complexity index is 638. The molecule has 1 saturated heterocycles. The van der Waals surface area contributed by atoms with Crippen molar-refractivity contribution in [3.8, 4) is 0 Å². The monoisotopic (exact) mass is 353 g/mol. The van der Waals surface area contributed by atoms with Gasteiger partial charge in [-0.3, -0.25) is 4.79 Å².